The van der Waals surface area contributed by atoms with Crippen LogP contribution in [-0.2, 0) is 0 Å². The zero-order valence-electron chi connectivity index (χ0n) is 10.9. The number of aromatic nitrogens is 1. The van der Waals surface area contributed by atoms with Crippen molar-refractivity contribution in [1.29, 1.82) is 0 Å². The lowest BCUT2D eigenvalue weighted by atomic mass is 10.1. The maximum atomic E-state index is 10.5. The Morgan fingerprint density at radius 3 is 2.89 bits per heavy atom. The fraction of sp³-hybridized carbons (Fsp3) is 0.615. The molecule has 0 saturated carbocycles. The van der Waals surface area contributed by atoms with Crippen molar-refractivity contribution < 1.29 is 9.84 Å². The third-order valence-electron chi connectivity index (χ3n) is 3.23. The van der Waals surface area contributed by atoms with Crippen molar-refractivity contribution in [3.05, 3.63) is 24.0 Å². The number of thioether (sulfide) groups is 2. The Hall–Kier alpha value is -0.390. The standard InChI is InChI=1S/C13H19NO2S2/c1-8-9(2)18-11(7-17-8)13(15)12-10(16-3)5-4-6-14-12/h4-6,8-9,11,13,15H,7H2,1-3H3. The Kier molecular flexibility index (Phi) is 4.81. The van der Waals surface area contributed by atoms with Gasteiger partial charge in [-0.25, -0.2) is 0 Å². The molecule has 1 aliphatic heterocycles. The van der Waals surface area contributed by atoms with E-state index in [0.717, 1.165) is 5.75 Å². The molecule has 1 fully saturated rings. The molecule has 0 amide bonds. The molecule has 1 aromatic rings. The summed E-state index contributed by atoms with van der Waals surface area (Å²) in [5.74, 6) is 1.62. The normalized spacial score (nSPS) is 29.9. The average Bonchev–Trinajstić information content (AvgIpc) is 2.41. The van der Waals surface area contributed by atoms with Crippen molar-refractivity contribution in [2.45, 2.75) is 35.7 Å². The first-order valence-corrected chi connectivity index (χ1v) is 8.06. The lowest BCUT2D eigenvalue weighted by molar-refractivity contribution is 0.170. The second-order valence-electron chi connectivity index (χ2n) is 4.45. The molecule has 1 aliphatic rings. The van der Waals surface area contributed by atoms with Crippen molar-refractivity contribution in [3.63, 3.8) is 0 Å². The zero-order chi connectivity index (χ0) is 13.1. The number of hydrogen-bond acceptors (Lipinski definition) is 5. The monoisotopic (exact) mass is 285 g/mol. The number of methoxy groups -OCH3 is 1. The summed E-state index contributed by atoms with van der Waals surface area (Å²) in [4.78, 5) is 4.27. The predicted molar refractivity (Wildman–Crippen MR) is 78.5 cm³/mol. The van der Waals surface area contributed by atoms with E-state index < -0.39 is 6.10 Å². The number of ether oxygens (including phenoxy) is 1. The van der Waals surface area contributed by atoms with E-state index in [1.165, 1.54) is 0 Å². The molecule has 4 atom stereocenters. The van der Waals surface area contributed by atoms with E-state index in [1.54, 1.807) is 13.3 Å². The molecule has 5 heteroatoms. The molecule has 0 spiro atoms. The Bertz CT molecular complexity index is 402. The van der Waals surface area contributed by atoms with Crippen molar-refractivity contribution in [1.82, 2.24) is 4.98 Å². The van der Waals surface area contributed by atoms with Gasteiger partial charge in [-0.2, -0.15) is 23.5 Å². The van der Waals surface area contributed by atoms with Crippen LogP contribution in [0.1, 0.15) is 25.6 Å². The fourth-order valence-electron chi connectivity index (χ4n) is 1.95. The summed E-state index contributed by atoms with van der Waals surface area (Å²) >= 11 is 3.77. The highest BCUT2D eigenvalue weighted by atomic mass is 32.2. The van der Waals surface area contributed by atoms with E-state index in [9.17, 15) is 5.11 Å². The SMILES string of the molecule is COc1cccnc1C(O)C1CSC(C)C(C)S1. The van der Waals surface area contributed by atoms with E-state index >= 15 is 0 Å². The maximum absolute atomic E-state index is 10.5. The van der Waals surface area contributed by atoms with Gasteiger partial charge in [-0.15, -0.1) is 0 Å². The van der Waals surface area contributed by atoms with Crippen LogP contribution >= 0.6 is 23.5 Å². The van der Waals surface area contributed by atoms with Crippen molar-refractivity contribution in [2.75, 3.05) is 12.9 Å². The van der Waals surface area contributed by atoms with Gasteiger partial charge in [0.25, 0.3) is 0 Å². The molecular formula is C13H19NO2S2. The molecule has 0 aliphatic carbocycles. The lowest BCUT2D eigenvalue weighted by Gasteiger charge is -2.33. The molecule has 1 saturated heterocycles. The van der Waals surface area contributed by atoms with Crippen LogP contribution in [-0.4, -0.2) is 38.7 Å². The molecule has 2 heterocycles. The van der Waals surface area contributed by atoms with Crippen LogP contribution in [0.2, 0.25) is 0 Å². The van der Waals surface area contributed by atoms with Gasteiger partial charge in [0.05, 0.1) is 7.11 Å². The molecule has 0 radical (unpaired) electrons. The Balaban J connectivity index is 2.13. The molecular weight excluding hydrogens is 266 g/mol. The lowest BCUT2D eigenvalue weighted by Crippen LogP contribution is -2.30. The van der Waals surface area contributed by atoms with Crippen LogP contribution in [0.25, 0.3) is 0 Å². The Labute approximate surface area is 117 Å². The quantitative estimate of drug-likeness (QED) is 0.925. The molecule has 100 valence electrons. The van der Waals surface area contributed by atoms with Gasteiger partial charge in [-0.3, -0.25) is 4.98 Å². The molecule has 1 aromatic heterocycles. The summed E-state index contributed by atoms with van der Waals surface area (Å²) in [5.41, 5.74) is 0.653. The molecule has 18 heavy (non-hydrogen) atoms. The third kappa shape index (κ3) is 2.95. The van der Waals surface area contributed by atoms with Crippen molar-refractivity contribution >= 4 is 23.5 Å². The van der Waals surface area contributed by atoms with E-state index in [4.69, 9.17) is 4.74 Å². The predicted octanol–water partition coefficient (Wildman–Crippen LogP) is 2.75. The number of aliphatic hydroxyl groups is 1. The summed E-state index contributed by atoms with van der Waals surface area (Å²) in [5, 5.41) is 11.9. The van der Waals surface area contributed by atoms with Crippen LogP contribution < -0.4 is 4.74 Å². The molecule has 4 unspecified atom stereocenters. The van der Waals surface area contributed by atoms with E-state index in [-0.39, 0.29) is 5.25 Å². The van der Waals surface area contributed by atoms with E-state index in [0.29, 0.717) is 21.9 Å². The topological polar surface area (TPSA) is 42.4 Å². The summed E-state index contributed by atoms with van der Waals surface area (Å²) in [6.45, 7) is 4.46. The third-order valence-corrected chi connectivity index (χ3v) is 6.71. The Morgan fingerprint density at radius 2 is 2.22 bits per heavy atom. The highest BCUT2D eigenvalue weighted by Gasteiger charge is 2.32. The summed E-state index contributed by atoms with van der Waals surface area (Å²) in [7, 11) is 1.61. The first-order chi connectivity index (χ1) is 8.63. The number of aliphatic hydroxyl groups excluding tert-OH is 1. The number of nitrogens with zero attached hydrogens (tertiary/aromatic N) is 1. The second kappa shape index (κ2) is 6.17. The second-order valence-corrected chi connectivity index (χ2v) is 7.49. The van der Waals surface area contributed by atoms with Crippen LogP contribution in [0.5, 0.6) is 5.75 Å². The minimum atomic E-state index is -0.561. The highest BCUT2D eigenvalue weighted by molar-refractivity contribution is 8.07. The molecule has 0 aromatic carbocycles. The van der Waals surface area contributed by atoms with Gasteiger partial charge < -0.3 is 9.84 Å². The largest absolute Gasteiger partial charge is 0.495 e. The Morgan fingerprint density at radius 1 is 1.44 bits per heavy atom. The number of pyridine rings is 1. The minimum absolute atomic E-state index is 0.185. The number of rotatable bonds is 3. The zero-order valence-corrected chi connectivity index (χ0v) is 12.5. The van der Waals surface area contributed by atoms with Crippen LogP contribution in [0, 0.1) is 0 Å². The first-order valence-electron chi connectivity index (χ1n) is 6.07. The molecule has 0 bridgehead atoms. The van der Waals surface area contributed by atoms with Crippen molar-refractivity contribution in [2.24, 2.45) is 0 Å². The van der Waals surface area contributed by atoms with Gasteiger partial charge in [0.2, 0.25) is 0 Å². The van der Waals surface area contributed by atoms with Gasteiger partial charge in [-0.1, -0.05) is 13.8 Å². The maximum Gasteiger partial charge on any atom is 0.143 e. The van der Waals surface area contributed by atoms with Gasteiger partial charge in [0.15, 0.2) is 0 Å². The molecule has 1 N–H and O–H groups in total. The van der Waals surface area contributed by atoms with Gasteiger partial charge in [0, 0.05) is 27.7 Å². The van der Waals surface area contributed by atoms with Gasteiger partial charge in [-0.05, 0) is 12.1 Å². The summed E-state index contributed by atoms with van der Waals surface area (Å²) in [6.07, 6.45) is 1.14. The van der Waals surface area contributed by atoms with Gasteiger partial charge >= 0.3 is 0 Å². The fourth-order valence-corrected chi connectivity index (χ4v) is 4.92. The van der Waals surface area contributed by atoms with Crippen molar-refractivity contribution in [3.8, 4) is 5.75 Å². The first kappa shape index (κ1) is 14.0. The summed E-state index contributed by atoms with van der Waals surface area (Å²) in [6, 6.07) is 3.67. The highest BCUT2D eigenvalue weighted by Crippen LogP contribution is 2.41. The van der Waals surface area contributed by atoms with E-state index in [1.807, 2.05) is 35.7 Å². The van der Waals surface area contributed by atoms with E-state index in [2.05, 4.69) is 18.8 Å². The molecule has 3 nitrogen and oxygen atoms in total. The van der Waals surface area contributed by atoms with Crippen LogP contribution in [0.3, 0.4) is 0 Å². The summed E-state index contributed by atoms with van der Waals surface area (Å²) < 4.78 is 5.27. The minimum Gasteiger partial charge on any atom is -0.495 e. The van der Waals surface area contributed by atoms with Crippen LogP contribution in [0.4, 0.5) is 0 Å². The van der Waals surface area contributed by atoms with Crippen LogP contribution in [0.15, 0.2) is 18.3 Å². The van der Waals surface area contributed by atoms with Gasteiger partial charge in [0.1, 0.15) is 17.5 Å². The average molecular weight is 285 g/mol. The number of hydrogen-bond donors (Lipinski definition) is 1. The smallest absolute Gasteiger partial charge is 0.143 e. The molecule has 2 rings (SSSR count).